The largest absolute Gasteiger partial charge is 0.309 e. The molecular formula is C16H23N5. The molecule has 3 rings (SSSR count). The predicted molar refractivity (Wildman–Crippen MR) is 83.8 cm³/mol. The summed E-state index contributed by atoms with van der Waals surface area (Å²) in [6.45, 7) is 1.75. The molecule has 5 heteroatoms. The van der Waals surface area contributed by atoms with E-state index in [1.54, 1.807) is 0 Å². The molecule has 2 N–H and O–H groups in total. The Morgan fingerprint density at radius 3 is 2.57 bits per heavy atom. The van der Waals surface area contributed by atoms with Crippen molar-refractivity contribution in [2.75, 3.05) is 20.6 Å². The van der Waals surface area contributed by atoms with Crippen LogP contribution in [0.3, 0.4) is 0 Å². The first-order valence-electron chi connectivity index (χ1n) is 7.54. The molecule has 1 aliphatic carbocycles. The Morgan fingerprint density at radius 1 is 1.19 bits per heavy atom. The van der Waals surface area contributed by atoms with Crippen molar-refractivity contribution >= 4 is 0 Å². The van der Waals surface area contributed by atoms with E-state index in [1.165, 1.54) is 19.3 Å². The van der Waals surface area contributed by atoms with Gasteiger partial charge in [-0.25, -0.2) is 0 Å². The molecule has 2 aromatic rings. The lowest BCUT2D eigenvalue weighted by molar-refractivity contribution is 0.0597. The first kappa shape index (κ1) is 14.2. The smallest absolute Gasteiger partial charge is 0.117 e. The second-order valence-corrected chi connectivity index (χ2v) is 6.06. The SMILES string of the molecule is CN(C)C1(CNCc2n[nH]nc2-c2ccccc2)CCC1. The van der Waals surface area contributed by atoms with E-state index in [0.717, 1.165) is 30.0 Å². The van der Waals surface area contributed by atoms with Gasteiger partial charge in [-0.2, -0.15) is 15.4 Å². The molecule has 112 valence electrons. The van der Waals surface area contributed by atoms with Crippen molar-refractivity contribution in [2.24, 2.45) is 0 Å². The molecule has 0 aliphatic heterocycles. The highest BCUT2D eigenvalue weighted by Gasteiger charge is 2.38. The molecule has 21 heavy (non-hydrogen) atoms. The van der Waals surface area contributed by atoms with Crippen LogP contribution >= 0.6 is 0 Å². The lowest BCUT2D eigenvalue weighted by Gasteiger charge is -2.47. The van der Waals surface area contributed by atoms with Gasteiger partial charge in [0.1, 0.15) is 11.4 Å². The number of hydrogen-bond donors (Lipinski definition) is 2. The number of aromatic nitrogens is 3. The van der Waals surface area contributed by atoms with Gasteiger partial charge in [-0.15, -0.1) is 0 Å². The van der Waals surface area contributed by atoms with Crippen LogP contribution < -0.4 is 5.32 Å². The zero-order valence-corrected chi connectivity index (χ0v) is 12.8. The number of aromatic amines is 1. The quantitative estimate of drug-likeness (QED) is 0.853. The van der Waals surface area contributed by atoms with Crippen LogP contribution in [0.4, 0.5) is 0 Å². The third-order valence-corrected chi connectivity index (χ3v) is 4.65. The van der Waals surface area contributed by atoms with E-state index in [0.29, 0.717) is 5.54 Å². The van der Waals surface area contributed by atoms with Gasteiger partial charge in [0.05, 0.1) is 0 Å². The van der Waals surface area contributed by atoms with Crippen molar-refractivity contribution < 1.29 is 0 Å². The molecule has 1 aromatic carbocycles. The van der Waals surface area contributed by atoms with Gasteiger partial charge in [0.15, 0.2) is 0 Å². The van der Waals surface area contributed by atoms with Crippen LogP contribution in [0.25, 0.3) is 11.3 Å². The van der Waals surface area contributed by atoms with Crippen LogP contribution in [0.5, 0.6) is 0 Å². The van der Waals surface area contributed by atoms with Crippen LogP contribution in [0, 0.1) is 0 Å². The summed E-state index contributed by atoms with van der Waals surface area (Å²) in [5, 5.41) is 14.9. The number of H-pyrrole nitrogens is 1. The molecule has 1 aliphatic rings. The molecule has 0 saturated heterocycles. The molecule has 0 bridgehead atoms. The van der Waals surface area contributed by atoms with E-state index in [-0.39, 0.29) is 0 Å². The van der Waals surface area contributed by atoms with E-state index in [2.05, 4.69) is 51.9 Å². The van der Waals surface area contributed by atoms with E-state index < -0.39 is 0 Å². The highest BCUT2D eigenvalue weighted by molar-refractivity contribution is 5.60. The van der Waals surface area contributed by atoms with Crippen molar-refractivity contribution in [1.29, 1.82) is 0 Å². The fourth-order valence-corrected chi connectivity index (χ4v) is 2.98. The maximum absolute atomic E-state index is 4.29. The Hall–Kier alpha value is -1.72. The van der Waals surface area contributed by atoms with Gasteiger partial charge in [-0.3, -0.25) is 0 Å². The topological polar surface area (TPSA) is 56.8 Å². The number of hydrogen-bond acceptors (Lipinski definition) is 4. The Bertz CT molecular complexity index is 571. The summed E-state index contributed by atoms with van der Waals surface area (Å²) >= 11 is 0. The molecule has 5 nitrogen and oxygen atoms in total. The van der Waals surface area contributed by atoms with Crippen LogP contribution in [0.1, 0.15) is 25.0 Å². The minimum atomic E-state index is 0.330. The summed E-state index contributed by atoms with van der Waals surface area (Å²) in [4.78, 5) is 2.35. The van der Waals surface area contributed by atoms with Crippen LogP contribution in [-0.2, 0) is 6.54 Å². The fraction of sp³-hybridized carbons (Fsp3) is 0.500. The summed E-state index contributed by atoms with van der Waals surface area (Å²) in [5.74, 6) is 0. The van der Waals surface area contributed by atoms with Crippen molar-refractivity contribution in [2.45, 2.75) is 31.3 Å². The molecule has 0 amide bonds. The molecule has 0 radical (unpaired) electrons. The van der Waals surface area contributed by atoms with Crippen LogP contribution in [0.15, 0.2) is 30.3 Å². The van der Waals surface area contributed by atoms with Crippen molar-refractivity contribution in [3.05, 3.63) is 36.0 Å². The monoisotopic (exact) mass is 285 g/mol. The molecule has 0 unspecified atom stereocenters. The number of likely N-dealkylation sites (N-methyl/N-ethyl adjacent to an activating group) is 1. The van der Waals surface area contributed by atoms with Gasteiger partial charge in [-0.05, 0) is 33.4 Å². The first-order valence-corrected chi connectivity index (χ1v) is 7.54. The number of nitrogens with zero attached hydrogens (tertiary/aromatic N) is 3. The molecule has 0 atom stereocenters. The minimum absolute atomic E-state index is 0.330. The Kier molecular flexibility index (Phi) is 4.03. The van der Waals surface area contributed by atoms with Crippen molar-refractivity contribution in [1.82, 2.24) is 25.6 Å². The second kappa shape index (κ2) is 5.95. The standard InChI is InChI=1S/C16H23N5/c1-21(2)16(9-6-10-16)12-17-11-14-15(19-20-18-14)13-7-4-3-5-8-13/h3-5,7-8,17H,6,9-12H2,1-2H3,(H,18,19,20). The van der Waals surface area contributed by atoms with Gasteiger partial charge >= 0.3 is 0 Å². The summed E-state index contributed by atoms with van der Waals surface area (Å²) in [6, 6.07) is 10.2. The molecule has 1 saturated carbocycles. The number of rotatable bonds is 6. The second-order valence-electron chi connectivity index (χ2n) is 6.06. The fourth-order valence-electron chi connectivity index (χ4n) is 2.98. The third kappa shape index (κ3) is 2.84. The molecule has 1 fully saturated rings. The van der Waals surface area contributed by atoms with Gasteiger partial charge in [0, 0.05) is 24.2 Å². The van der Waals surface area contributed by atoms with E-state index in [9.17, 15) is 0 Å². The average molecular weight is 285 g/mol. The maximum Gasteiger partial charge on any atom is 0.117 e. The Balaban J connectivity index is 1.63. The maximum atomic E-state index is 4.29. The van der Waals surface area contributed by atoms with E-state index in [1.807, 2.05) is 18.2 Å². The Labute approximate surface area is 125 Å². The lowest BCUT2D eigenvalue weighted by atomic mass is 9.75. The van der Waals surface area contributed by atoms with Gasteiger partial charge < -0.3 is 10.2 Å². The van der Waals surface area contributed by atoms with Gasteiger partial charge in [-0.1, -0.05) is 30.3 Å². The molecule has 0 spiro atoms. The van der Waals surface area contributed by atoms with E-state index in [4.69, 9.17) is 0 Å². The lowest BCUT2D eigenvalue weighted by Crippen LogP contribution is -2.56. The predicted octanol–water partition coefficient (Wildman–Crippen LogP) is 2.05. The van der Waals surface area contributed by atoms with E-state index >= 15 is 0 Å². The minimum Gasteiger partial charge on any atom is -0.309 e. The zero-order valence-electron chi connectivity index (χ0n) is 12.8. The normalized spacial score (nSPS) is 16.9. The summed E-state index contributed by atoms with van der Waals surface area (Å²) in [7, 11) is 4.35. The van der Waals surface area contributed by atoms with Crippen molar-refractivity contribution in [3.63, 3.8) is 0 Å². The number of nitrogens with one attached hydrogen (secondary N) is 2. The van der Waals surface area contributed by atoms with Crippen molar-refractivity contribution in [3.8, 4) is 11.3 Å². The van der Waals surface area contributed by atoms with Gasteiger partial charge in [0.25, 0.3) is 0 Å². The average Bonchev–Trinajstić information content (AvgIpc) is 2.90. The van der Waals surface area contributed by atoms with Gasteiger partial charge in [0.2, 0.25) is 0 Å². The van der Waals surface area contributed by atoms with Crippen LogP contribution in [0.2, 0.25) is 0 Å². The molecule has 1 heterocycles. The van der Waals surface area contributed by atoms with Crippen LogP contribution in [-0.4, -0.2) is 46.5 Å². The summed E-state index contributed by atoms with van der Waals surface area (Å²) in [5.41, 5.74) is 3.36. The number of benzene rings is 1. The Morgan fingerprint density at radius 2 is 1.95 bits per heavy atom. The highest BCUT2D eigenvalue weighted by Crippen LogP contribution is 2.35. The third-order valence-electron chi connectivity index (χ3n) is 4.65. The molecular weight excluding hydrogens is 262 g/mol. The highest BCUT2D eigenvalue weighted by atomic mass is 15.3. The first-order chi connectivity index (χ1) is 10.2. The summed E-state index contributed by atoms with van der Waals surface area (Å²) in [6.07, 6.45) is 3.88. The molecule has 1 aromatic heterocycles. The zero-order chi connectivity index (χ0) is 14.7. The summed E-state index contributed by atoms with van der Waals surface area (Å²) < 4.78 is 0.